The van der Waals surface area contributed by atoms with Crippen LogP contribution in [-0.2, 0) is 15.7 Å². The predicted molar refractivity (Wildman–Crippen MR) is 45.4 cm³/mol. The molecule has 0 saturated heterocycles. The highest BCUT2D eigenvalue weighted by Gasteiger charge is 2.34. The van der Waals surface area contributed by atoms with Crippen LogP contribution in [-0.4, -0.2) is 22.7 Å². The SMILES string of the molecule is COC1(CS(N)=O)CCCC1. The molecule has 1 aliphatic carbocycles. The zero-order chi connectivity index (χ0) is 8.32. The minimum absolute atomic E-state index is 0.167. The summed E-state index contributed by atoms with van der Waals surface area (Å²) >= 11 is 0. The van der Waals surface area contributed by atoms with Crippen LogP contribution in [0.15, 0.2) is 0 Å². The maximum Gasteiger partial charge on any atom is 0.0917 e. The van der Waals surface area contributed by atoms with Crippen molar-refractivity contribution in [2.24, 2.45) is 5.14 Å². The van der Waals surface area contributed by atoms with Gasteiger partial charge in [0, 0.05) is 7.11 Å². The van der Waals surface area contributed by atoms with Gasteiger partial charge in [0.15, 0.2) is 0 Å². The lowest BCUT2D eigenvalue weighted by Gasteiger charge is -2.25. The summed E-state index contributed by atoms with van der Waals surface area (Å²) in [5.41, 5.74) is -0.167. The van der Waals surface area contributed by atoms with Crippen LogP contribution in [0.5, 0.6) is 0 Å². The van der Waals surface area contributed by atoms with Crippen molar-refractivity contribution in [3.8, 4) is 0 Å². The standard InChI is InChI=1S/C7H15NO2S/c1-10-7(6-11(8)9)4-2-3-5-7/h2-6,8H2,1H3. The predicted octanol–water partition coefficient (Wildman–Crippen LogP) is 0.568. The quantitative estimate of drug-likeness (QED) is 0.685. The summed E-state index contributed by atoms with van der Waals surface area (Å²) in [6.45, 7) is 0. The van der Waals surface area contributed by atoms with E-state index >= 15 is 0 Å². The maximum atomic E-state index is 10.8. The fourth-order valence-electron chi connectivity index (χ4n) is 1.69. The topological polar surface area (TPSA) is 52.3 Å². The average Bonchev–Trinajstić information content (AvgIpc) is 2.36. The monoisotopic (exact) mass is 177 g/mol. The number of hydrogen-bond acceptors (Lipinski definition) is 2. The molecule has 0 bridgehead atoms. The zero-order valence-electron chi connectivity index (χ0n) is 6.84. The summed E-state index contributed by atoms with van der Waals surface area (Å²) in [4.78, 5) is 0. The van der Waals surface area contributed by atoms with Gasteiger partial charge in [-0.25, -0.2) is 4.21 Å². The van der Waals surface area contributed by atoms with Gasteiger partial charge < -0.3 is 4.74 Å². The fraction of sp³-hybridized carbons (Fsp3) is 1.00. The molecule has 0 amide bonds. The first-order valence-electron chi connectivity index (χ1n) is 3.86. The highest BCUT2D eigenvalue weighted by molar-refractivity contribution is 7.82. The smallest absolute Gasteiger partial charge is 0.0917 e. The molecule has 66 valence electrons. The number of methoxy groups -OCH3 is 1. The fourth-order valence-corrected chi connectivity index (χ4v) is 2.61. The summed E-state index contributed by atoms with van der Waals surface area (Å²) < 4.78 is 16.1. The second-order valence-corrected chi connectivity index (χ2v) is 4.17. The van der Waals surface area contributed by atoms with Crippen molar-refractivity contribution in [1.82, 2.24) is 0 Å². The van der Waals surface area contributed by atoms with Gasteiger partial charge in [0.25, 0.3) is 0 Å². The van der Waals surface area contributed by atoms with Crippen molar-refractivity contribution >= 4 is 11.0 Å². The van der Waals surface area contributed by atoms with Crippen LogP contribution < -0.4 is 5.14 Å². The van der Waals surface area contributed by atoms with E-state index < -0.39 is 11.0 Å². The molecule has 1 unspecified atom stereocenters. The number of ether oxygens (including phenoxy) is 1. The van der Waals surface area contributed by atoms with Crippen LogP contribution in [0.4, 0.5) is 0 Å². The molecule has 1 rings (SSSR count). The van der Waals surface area contributed by atoms with E-state index in [9.17, 15) is 4.21 Å². The first-order chi connectivity index (χ1) is 5.18. The molecule has 0 spiro atoms. The third-order valence-corrected chi connectivity index (χ3v) is 3.16. The lowest BCUT2D eigenvalue weighted by atomic mass is 10.1. The van der Waals surface area contributed by atoms with Gasteiger partial charge in [-0.2, -0.15) is 0 Å². The van der Waals surface area contributed by atoms with Gasteiger partial charge in [0.1, 0.15) is 0 Å². The summed E-state index contributed by atoms with van der Waals surface area (Å²) in [5.74, 6) is 0.490. The Bertz CT molecular complexity index is 155. The van der Waals surface area contributed by atoms with E-state index in [0.29, 0.717) is 5.75 Å². The average molecular weight is 177 g/mol. The first-order valence-corrected chi connectivity index (χ1v) is 5.25. The molecule has 0 aromatic heterocycles. The Kier molecular flexibility index (Phi) is 3.04. The minimum Gasteiger partial charge on any atom is -0.377 e. The Balaban J connectivity index is 2.52. The highest BCUT2D eigenvalue weighted by atomic mass is 32.2. The van der Waals surface area contributed by atoms with Crippen molar-refractivity contribution in [2.75, 3.05) is 12.9 Å². The van der Waals surface area contributed by atoms with Gasteiger partial charge >= 0.3 is 0 Å². The number of rotatable bonds is 3. The Labute approximate surface area is 69.9 Å². The number of nitrogens with two attached hydrogens (primary N) is 1. The molecule has 1 fully saturated rings. The lowest BCUT2D eigenvalue weighted by molar-refractivity contribution is 0.0162. The van der Waals surface area contributed by atoms with Crippen molar-refractivity contribution in [3.63, 3.8) is 0 Å². The van der Waals surface area contributed by atoms with Gasteiger partial charge in [0.05, 0.1) is 22.3 Å². The van der Waals surface area contributed by atoms with E-state index in [1.165, 1.54) is 12.8 Å². The van der Waals surface area contributed by atoms with Gasteiger partial charge in [-0.05, 0) is 12.8 Å². The van der Waals surface area contributed by atoms with Gasteiger partial charge in [-0.1, -0.05) is 12.8 Å². The zero-order valence-corrected chi connectivity index (χ0v) is 7.65. The Morgan fingerprint density at radius 1 is 1.55 bits per heavy atom. The maximum absolute atomic E-state index is 10.8. The van der Waals surface area contributed by atoms with Gasteiger partial charge in [-0.15, -0.1) is 0 Å². The third kappa shape index (κ3) is 2.25. The molecule has 0 radical (unpaired) electrons. The molecule has 11 heavy (non-hydrogen) atoms. The van der Waals surface area contributed by atoms with Crippen LogP contribution in [0.1, 0.15) is 25.7 Å². The molecule has 3 nitrogen and oxygen atoms in total. The van der Waals surface area contributed by atoms with Gasteiger partial charge in [-0.3, -0.25) is 5.14 Å². The molecule has 0 heterocycles. The lowest BCUT2D eigenvalue weighted by Crippen LogP contribution is -2.36. The largest absolute Gasteiger partial charge is 0.377 e. The molecule has 2 N–H and O–H groups in total. The van der Waals surface area contributed by atoms with E-state index in [1.54, 1.807) is 7.11 Å². The molecular weight excluding hydrogens is 162 g/mol. The molecule has 0 aromatic rings. The van der Waals surface area contributed by atoms with Gasteiger partial charge in [0.2, 0.25) is 0 Å². The normalized spacial score (nSPS) is 25.3. The van der Waals surface area contributed by atoms with Crippen LogP contribution >= 0.6 is 0 Å². The summed E-state index contributed by atoms with van der Waals surface area (Å²) in [6.07, 6.45) is 4.36. The minimum atomic E-state index is -1.22. The molecule has 1 atom stereocenters. The Morgan fingerprint density at radius 2 is 2.09 bits per heavy atom. The molecule has 4 heteroatoms. The number of hydrogen-bond donors (Lipinski definition) is 1. The van der Waals surface area contributed by atoms with Crippen molar-refractivity contribution in [1.29, 1.82) is 0 Å². The summed E-state index contributed by atoms with van der Waals surface area (Å²) in [5, 5.41) is 5.23. The summed E-state index contributed by atoms with van der Waals surface area (Å²) in [6, 6.07) is 0. The van der Waals surface area contributed by atoms with Crippen molar-refractivity contribution in [2.45, 2.75) is 31.3 Å². The molecule has 1 saturated carbocycles. The van der Waals surface area contributed by atoms with E-state index in [0.717, 1.165) is 12.8 Å². The molecule has 0 aliphatic heterocycles. The summed E-state index contributed by atoms with van der Waals surface area (Å²) in [7, 11) is 0.459. The van der Waals surface area contributed by atoms with Crippen molar-refractivity contribution < 1.29 is 8.95 Å². The van der Waals surface area contributed by atoms with Crippen LogP contribution in [0.25, 0.3) is 0 Å². The highest BCUT2D eigenvalue weighted by Crippen LogP contribution is 2.32. The van der Waals surface area contributed by atoms with Crippen LogP contribution in [0.2, 0.25) is 0 Å². The van der Waals surface area contributed by atoms with E-state index in [1.807, 2.05) is 0 Å². The Hall–Kier alpha value is 0.0700. The molecule has 1 aliphatic rings. The van der Waals surface area contributed by atoms with Crippen LogP contribution in [0, 0.1) is 0 Å². The molecular formula is C7H15NO2S. The Morgan fingerprint density at radius 3 is 2.45 bits per heavy atom. The van der Waals surface area contributed by atoms with Crippen LogP contribution in [0.3, 0.4) is 0 Å². The third-order valence-electron chi connectivity index (χ3n) is 2.35. The second-order valence-electron chi connectivity index (χ2n) is 3.12. The van der Waals surface area contributed by atoms with E-state index in [-0.39, 0.29) is 5.60 Å². The van der Waals surface area contributed by atoms with E-state index in [4.69, 9.17) is 9.88 Å². The van der Waals surface area contributed by atoms with Crippen molar-refractivity contribution in [3.05, 3.63) is 0 Å². The second kappa shape index (κ2) is 3.65. The first kappa shape index (κ1) is 9.16. The molecule has 0 aromatic carbocycles. The van der Waals surface area contributed by atoms with E-state index in [2.05, 4.69) is 0 Å².